The molecule has 0 amide bonds. The number of phenols is 1. The van der Waals surface area contributed by atoms with E-state index in [1.807, 2.05) is 36.4 Å². The number of hydrogen-bond donors (Lipinski definition) is 1. The van der Waals surface area contributed by atoms with Crippen molar-refractivity contribution in [2.24, 2.45) is 0 Å². The third-order valence-corrected chi connectivity index (χ3v) is 5.26. The number of allylic oxidation sites excluding steroid dienone is 1. The van der Waals surface area contributed by atoms with E-state index in [0.29, 0.717) is 6.61 Å². The van der Waals surface area contributed by atoms with Gasteiger partial charge in [0.2, 0.25) is 0 Å². The summed E-state index contributed by atoms with van der Waals surface area (Å²) in [6, 6.07) is 11.3. The van der Waals surface area contributed by atoms with Gasteiger partial charge in [-0.1, -0.05) is 41.6 Å². The van der Waals surface area contributed by atoms with Crippen LogP contribution in [0.3, 0.4) is 0 Å². The number of phenolic OH excluding ortho intramolecular Hbond substituents is 1. The molecule has 1 atom stereocenters. The summed E-state index contributed by atoms with van der Waals surface area (Å²) in [4.78, 5) is 4.51. The van der Waals surface area contributed by atoms with E-state index < -0.39 is 0 Å². The second-order valence-corrected chi connectivity index (χ2v) is 7.48. The van der Waals surface area contributed by atoms with Crippen molar-refractivity contribution in [2.45, 2.75) is 32.3 Å². The fraction of sp³-hybridized carbons (Fsp3) is 0.261. The second-order valence-electron chi connectivity index (χ2n) is 6.56. The number of hydrogen-bond acceptors (Lipinski definition) is 3. The van der Waals surface area contributed by atoms with Crippen LogP contribution in [0.15, 0.2) is 70.9 Å². The van der Waals surface area contributed by atoms with Gasteiger partial charge in [0, 0.05) is 16.2 Å². The smallest absolute Gasteiger partial charge is 0.122 e. The average molecular weight is 426 g/mol. The SMILES string of the molecule is C=C(CC)C1=CCOC1CC/C(=C/c1cc(Br)ccc1O)c1ccccn1. The quantitative estimate of drug-likeness (QED) is 0.577. The number of rotatable bonds is 7. The number of ether oxygens (including phenoxy) is 1. The van der Waals surface area contributed by atoms with Gasteiger partial charge >= 0.3 is 0 Å². The average Bonchev–Trinajstić information content (AvgIpc) is 3.16. The van der Waals surface area contributed by atoms with E-state index in [-0.39, 0.29) is 11.9 Å². The summed E-state index contributed by atoms with van der Waals surface area (Å²) in [5, 5.41) is 10.2. The lowest BCUT2D eigenvalue weighted by atomic mass is 9.94. The summed E-state index contributed by atoms with van der Waals surface area (Å²) in [5.41, 5.74) is 5.12. The topological polar surface area (TPSA) is 42.4 Å². The summed E-state index contributed by atoms with van der Waals surface area (Å²) in [5.74, 6) is 0.253. The predicted octanol–water partition coefficient (Wildman–Crippen LogP) is 6.16. The van der Waals surface area contributed by atoms with Crippen LogP contribution in [-0.4, -0.2) is 22.8 Å². The zero-order valence-corrected chi connectivity index (χ0v) is 17.1. The van der Waals surface area contributed by atoms with Crippen LogP contribution in [0.4, 0.5) is 0 Å². The zero-order chi connectivity index (χ0) is 19.2. The lowest BCUT2D eigenvalue weighted by Crippen LogP contribution is -2.11. The molecule has 1 aromatic heterocycles. The minimum Gasteiger partial charge on any atom is -0.507 e. The molecule has 0 saturated heterocycles. The first kappa shape index (κ1) is 19.6. The Kier molecular flexibility index (Phi) is 6.64. The van der Waals surface area contributed by atoms with Gasteiger partial charge in [-0.3, -0.25) is 4.98 Å². The Bertz CT molecular complexity index is 871. The molecule has 0 radical (unpaired) electrons. The highest BCUT2D eigenvalue weighted by atomic mass is 79.9. The molecule has 1 aromatic carbocycles. The first-order valence-electron chi connectivity index (χ1n) is 9.18. The summed E-state index contributed by atoms with van der Waals surface area (Å²) in [6.07, 6.45) is 8.58. The van der Waals surface area contributed by atoms with Crippen LogP contribution in [0.1, 0.15) is 37.4 Å². The molecule has 1 aliphatic rings. The molecule has 0 spiro atoms. The van der Waals surface area contributed by atoms with E-state index in [9.17, 15) is 5.11 Å². The molecule has 1 aliphatic heterocycles. The fourth-order valence-electron chi connectivity index (χ4n) is 3.23. The number of benzene rings is 1. The van der Waals surface area contributed by atoms with Crippen LogP contribution in [0.2, 0.25) is 0 Å². The van der Waals surface area contributed by atoms with Gasteiger partial charge < -0.3 is 9.84 Å². The molecule has 0 aliphatic carbocycles. The fourth-order valence-corrected chi connectivity index (χ4v) is 3.61. The summed E-state index contributed by atoms with van der Waals surface area (Å²) >= 11 is 3.47. The summed E-state index contributed by atoms with van der Waals surface area (Å²) < 4.78 is 6.84. The van der Waals surface area contributed by atoms with Gasteiger partial charge in [-0.05, 0) is 72.4 Å². The van der Waals surface area contributed by atoms with Crippen LogP contribution >= 0.6 is 15.9 Å². The van der Waals surface area contributed by atoms with E-state index >= 15 is 0 Å². The highest BCUT2D eigenvalue weighted by molar-refractivity contribution is 9.10. The van der Waals surface area contributed by atoms with Gasteiger partial charge in [-0.25, -0.2) is 0 Å². The van der Waals surface area contributed by atoms with Gasteiger partial charge in [0.25, 0.3) is 0 Å². The Morgan fingerprint density at radius 3 is 2.96 bits per heavy atom. The molecule has 3 rings (SSSR count). The van der Waals surface area contributed by atoms with Crippen LogP contribution in [0.25, 0.3) is 11.6 Å². The number of pyridine rings is 1. The van der Waals surface area contributed by atoms with E-state index in [1.165, 1.54) is 5.57 Å². The largest absolute Gasteiger partial charge is 0.507 e. The van der Waals surface area contributed by atoms with E-state index in [2.05, 4.69) is 40.5 Å². The van der Waals surface area contributed by atoms with Crippen molar-refractivity contribution >= 4 is 27.6 Å². The molecule has 0 fully saturated rings. The van der Waals surface area contributed by atoms with Crippen LogP contribution < -0.4 is 0 Å². The number of halogens is 1. The lowest BCUT2D eigenvalue weighted by molar-refractivity contribution is 0.117. The van der Waals surface area contributed by atoms with Gasteiger partial charge in [0.15, 0.2) is 0 Å². The molecule has 0 saturated carbocycles. The number of aromatic nitrogens is 1. The number of aromatic hydroxyl groups is 1. The van der Waals surface area contributed by atoms with Gasteiger partial charge in [0.05, 0.1) is 18.4 Å². The van der Waals surface area contributed by atoms with Gasteiger partial charge in [-0.2, -0.15) is 0 Å². The normalized spacial score (nSPS) is 17.0. The third-order valence-electron chi connectivity index (χ3n) is 4.77. The lowest BCUT2D eigenvalue weighted by Gasteiger charge is -2.17. The van der Waals surface area contributed by atoms with Crippen LogP contribution in [0.5, 0.6) is 5.75 Å². The van der Waals surface area contributed by atoms with Crippen molar-refractivity contribution in [3.63, 3.8) is 0 Å². The Hall–Kier alpha value is -2.17. The molecular weight excluding hydrogens is 402 g/mol. The summed E-state index contributed by atoms with van der Waals surface area (Å²) in [7, 11) is 0. The van der Waals surface area contributed by atoms with Crippen LogP contribution in [0, 0.1) is 0 Å². The van der Waals surface area contributed by atoms with Gasteiger partial charge in [-0.15, -0.1) is 0 Å². The van der Waals surface area contributed by atoms with Crippen LogP contribution in [-0.2, 0) is 4.74 Å². The summed E-state index contributed by atoms with van der Waals surface area (Å²) in [6.45, 7) is 6.93. The third kappa shape index (κ3) is 4.96. The second kappa shape index (κ2) is 9.16. The van der Waals surface area contributed by atoms with Crippen molar-refractivity contribution in [1.29, 1.82) is 0 Å². The molecule has 27 heavy (non-hydrogen) atoms. The maximum atomic E-state index is 10.2. The van der Waals surface area contributed by atoms with Crippen molar-refractivity contribution < 1.29 is 9.84 Å². The molecular formula is C23H24BrNO2. The molecule has 1 N–H and O–H groups in total. The van der Waals surface area contributed by atoms with Crippen molar-refractivity contribution in [2.75, 3.05) is 6.61 Å². The highest BCUT2D eigenvalue weighted by Crippen LogP contribution is 2.32. The number of nitrogens with zero attached hydrogens (tertiary/aromatic N) is 1. The monoisotopic (exact) mass is 425 g/mol. The maximum absolute atomic E-state index is 10.2. The standard InChI is InChI=1S/C23H24BrNO2/c1-3-16(2)20-11-13-27-23(20)10-7-17(21-6-4-5-12-25-21)14-18-15-19(24)8-9-22(18)26/h4-6,8-9,11-12,14-15,23,26H,2-3,7,10,13H2,1H3/b17-14-. The molecule has 3 nitrogen and oxygen atoms in total. The molecule has 2 aromatic rings. The zero-order valence-electron chi connectivity index (χ0n) is 15.5. The Morgan fingerprint density at radius 1 is 1.37 bits per heavy atom. The van der Waals surface area contributed by atoms with Crippen molar-refractivity contribution in [3.8, 4) is 5.75 Å². The van der Waals surface area contributed by atoms with E-state index in [1.54, 1.807) is 12.3 Å². The minimum absolute atomic E-state index is 0.0701. The molecule has 2 heterocycles. The first-order chi connectivity index (χ1) is 13.1. The molecule has 1 unspecified atom stereocenters. The van der Waals surface area contributed by atoms with Gasteiger partial charge in [0.1, 0.15) is 5.75 Å². The minimum atomic E-state index is 0.0701. The Morgan fingerprint density at radius 2 is 2.22 bits per heavy atom. The van der Waals surface area contributed by atoms with Crippen molar-refractivity contribution in [1.82, 2.24) is 4.98 Å². The Balaban J connectivity index is 1.86. The molecule has 140 valence electrons. The van der Waals surface area contributed by atoms with E-state index in [4.69, 9.17) is 4.74 Å². The maximum Gasteiger partial charge on any atom is 0.122 e. The highest BCUT2D eigenvalue weighted by Gasteiger charge is 2.22. The molecule has 0 bridgehead atoms. The molecule has 4 heteroatoms. The predicted molar refractivity (Wildman–Crippen MR) is 114 cm³/mol. The van der Waals surface area contributed by atoms with E-state index in [0.717, 1.165) is 46.1 Å². The van der Waals surface area contributed by atoms with Crippen molar-refractivity contribution in [3.05, 3.63) is 82.1 Å². The first-order valence-corrected chi connectivity index (χ1v) is 9.98. The Labute approximate surface area is 169 Å².